The zero-order chi connectivity index (χ0) is 21.4. The molecule has 0 spiro atoms. The highest BCUT2D eigenvalue weighted by Crippen LogP contribution is 2.26. The van der Waals surface area contributed by atoms with E-state index >= 15 is 0 Å². The molecule has 2 rings (SSSR count). The summed E-state index contributed by atoms with van der Waals surface area (Å²) in [6.07, 6.45) is 0.854. The van der Waals surface area contributed by atoms with E-state index in [4.69, 9.17) is 17.0 Å². The molecule has 3 N–H and O–H groups in total. The third-order valence-electron chi connectivity index (χ3n) is 3.52. The summed E-state index contributed by atoms with van der Waals surface area (Å²) in [5, 5.41) is 13.2. The molecular weight excluding hydrogens is 464 g/mol. The van der Waals surface area contributed by atoms with E-state index in [2.05, 4.69) is 32.1 Å². The first-order chi connectivity index (χ1) is 13.8. The number of nitrogens with one attached hydrogen (secondary N) is 3. The molecule has 2 aromatic carbocycles. The quantitative estimate of drug-likeness (QED) is 0.329. The summed E-state index contributed by atoms with van der Waals surface area (Å²) in [5.41, 5.74) is 4.38. The molecule has 11 heteroatoms. The molecule has 0 aliphatic heterocycles. The summed E-state index contributed by atoms with van der Waals surface area (Å²) in [6, 6.07) is 10.3. The molecule has 0 atom stereocenters. The maximum Gasteiger partial charge on any atom is 0.282 e. The van der Waals surface area contributed by atoms with Crippen molar-refractivity contribution in [2.45, 2.75) is 13.3 Å². The lowest BCUT2D eigenvalue weighted by molar-refractivity contribution is -0.385. The Labute approximate surface area is 180 Å². The van der Waals surface area contributed by atoms with Crippen LogP contribution in [-0.2, 0) is 0 Å². The molecule has 0 aliphatic rings. The van der Waals surface area contributed by atoms with Crippen LogP contribution in [-0.4, -0.2) is 28.5 Å². The first kappa shape index (κ1) is 22.2. The van der Waals surface area contributed by atoms with Crippen LogP contribution >= 0.6 is 28.1 Å². The molecule has 2 aromatic rings. The largest absolute Gasteiger partial charge is 0.492 e. The summed E-state index contributed by atoms with van der Waals surface area (Å²) >= 11 is 8.31. The molecule has 2 amide bonds. The second-order valence-corrected chi connectivity index (χ2v) is 6.89. The molecule has 9 nitrogen and oxygen atoms in total. The van der Waals surface area contributed by atoms with Crippen molar-refractivity contribution in [3.63, 3.8) is 0 Å². The Kier molecular flexibility index (Phi) is 8.04. The highest BCUT2D eigenvalue weighted by atomic mass is 79.9. The normalized spacial score (nSPS) is 10.0. The van der Waals surface area contributed by atoms with Gasteiger partial charge >= 0.3 is 0 Å². The van der Waals surface area contributed by atoms with Gasteiger partial charge in [-0.3, -0.25) is 35.9 Å². The number of nitro benzene ring substituents is 1. The molecule has 0 bridgehead atoms. The molecular formula is C18H17BrN4O5S. The Morgan fingerprint density at radius 1 is 1.17 bits per heavy atom. The van der Waals surface area contributed by atoms with Crippen molar-refractivity contribution in [2.75, 3.05) is 6.61 Å². The molecule has 0 saturated heterocycles. The highest BCUT2D eigenvalue weighted by Gasteiger charge is 2.19. The van der Waals surface area contributed by atoms with Gasteiger partial charge in [-0.15, -0.1) is 0 Å². The molecule has 0 radical (unpaired) electrons. The number of carbonyl (C=O) groups is 2. The van der Waals surface area contributed by atoms with Gasteiger partial charge in [0.15, 0.2) is 5.11 Å². The van der Waals surface area contributed by atoms with E-state index in [0.717, 1.165) is 6.42 Å². The van der Waals surface area contributed by atoms with Gasteiger partial charge in [0.05, 0.1) is 16.0 Å². The number of carbonyl (C=O) groups excluding carboxylic acids is 2. The summed E-state index contributed by atoms with van der Waals surface area (Å²) in [4.78, 5) is 34.7. The van der Waals surface area contributed by atoms with Crippen LogP contribution in [0.5, 0.6) is 5.75 Å². The fourth-order valence-corrected chi connectivity index (χ4v) is 2.82. The predicted molar refractivity (Wildman–Crippen MR) is 114 cm³/mol. The van der Waals surface area contributed by atoms with E-state index in [-0.39, 0.29) is 16.4 Å². The van der Waals surface area contributed by atoms with Crippen LogP contribution in [0.15, 0.2) is 46.9 Å². The van der Waals surface area contributed by atoms with Gasteiger partial charge in [-0.05, 0) is 58.8 Å². The number of rotatable bonds is 6. The Morgan fingerprint density at radius 3 is 2.55 bits per heavy atom. The van der Waals surface area contributed by atoms with Crippen LogP contribution in [0.4, 0.5) is 5.69 Å². The highest BCUT2D eigenvalue weighted by molar-refractivity contribution is 9.10. The molecule has 152 valence electrons. The molecule has 0 unspecified atom stereocenters. The van der Waals surface area contributed by atoms with Crippen LogP contribution in [0.3, 0.4) is 0 Å². The van der Waals surface area contributed by atoms with Gasteiger partial charge in [-0.1, -0.05) is 19.1 Å². The number of hydrazine groups is 1. The van der Waals surface area contributed by atoms with E-state index < -0.39 is 16.7 Å². The molecule has 0 fully saturated rings. The topological polar surface area (TPSA) is 123 Å². The van der Waals surface area contributed by atoms with Gasteiger partial charge in [0.2, 0.25) is 0 Å². The van der Waals surface area contributed by atoms with Gasteiger partial charge in [0.25, 0.3) is 17.5 Å². The fraction of sp³-hybridized carbons (Fsp3) is 0.167. The Bertz CT molecular complexity index is 954. The maximum atomic E-state index is 12.3. The van der Waals surface area contributed by atoms with Crippen molar-refractivity contribution < 1.29 is 19.2 Å². The summed E-state index contributed by atoms with van der Waals surface area (Å²) in [7, 11) is 0. The summed E-state index contributed by atoms with van der Waals surface area (Å²) in [5.74, 6) is -0.667. The zero-order valence-electron chi connectivity index (χ0n) is 15.2. The molecule has 0 saturated carbocycles. The summed E-state index contributed by atoms with van der Waals surface area (Å²) < 4.78 is 6.14. The number of ether oxygens (including phenoxy) is 1. The van der Waals surface area contributed by atoms with E-state index in [1.807, 2.05) is 6.92 Å². The van der Waals surface area contributed by atoms with Crippen molar-refractivity contribution >= 4 is 50.8 Å². The van der Waals surface area contributed by atoms with Gasteiger partial charge in [0.1, 0.15) is 11.3 Å². The van der Waals surface area contributed by atoms with Crippen LogP contribution in [0.1, 0.15) is 34.1 Å². The van der Waals surface area contributed by atoms with Gasteiger partial charge in [0, 0.05) is 11.6 Å². The lowest BCUT2D eigenvalue weighted by Crippen LogP contribution is -2.48. The van der Waals surface area contributed by atoms with Crippen LogP contribution in [0.2, 0.25) is 0 Å². The minimum Gasteiger partial charge on any atom is -0.492 e. The Morgan fingerprint density at radius 2 is 1.90 bits per heavy atom. The van der Waals surface area contributed by atoms with E-state index in [1.165, 1.54) is 24.3 Å². The van der Waals surface area contributed by atoms with Crippen molar-refractivity contribution in [2.24, 2.45) is 0 Å². The van der Waals surface area contributed by atoms with Crippen LogP contribution in [0.25, 0.3) is 0 Å². The van der Waals surface area contributed by atoms with Gasteiger partial charge in [-0.2, -0.15) is 0 Å². The third-order valence-corrected chi connectivity index (χ3v) is 4.34. The molecule has 0 heterocycles. The first-order valence-corrected chi connectivity index (χ1v) is 9.61. The first-order valence-electron chi connectivity index (χ1n) is 8.41. The minimum atomic E-state index is -0.769. The standard InChI is InChI=1S/C18H17BrN4O5S/c1-2-9-28-15-8-7-11(10-13(15)19)16(24)20-18(29)22-21-17(25)12-5-3-4-6-14(12)23(26)27/h3-8,10H,2,9H2,1H3,(H,21,25)(H2,20,22,24,29). The minimum absolute atomic E-state index is 0.147. The predicted octanol–water partition coefficient (Wildman–Crippen LogP) is 3.10. The number of thiocarbonyl (C=S) groups is 1. The average Bonchev–Trinajstić information content (AvgIpc) is 2.70. The average molecular weight is 481 g/mol. The summed E-state index contributed by atoms with van der Waals surface area (Å²) in [6.45, 7) is 2.54. The number of nitro groups is 1. The number of hydrogen-bond acceptors (Lipinski definition) is 6. The van der Waals surface area contributed by atoms with Gasteiger partial charge < -0.3 is 4.74 Å². The molecule has 29 heavy (non-hydrogen) atoms. The number of benzene rings is 2. The number of hydrogen-bond donors (Lipinski definition) is 3. The van der Waals surface area contributed by atoms with Crippen molar-refractivity contribution in [1.29, 1.82) is 0 Å². The Hall–Kier alpha value is -3.05. The molecule has 0 aromatic heterocycles. The smallest absolute Gasteiger partial charge is 0.282 e. The second kappa shape index (κ2) is 10.5. The Balaban J connectivity index is 1.94. The van der Waals surface area contributed by atoms with Crippen LogP contribution in [0, 0.1) is 10.1 Å². The van der Waals surface area contributed by atoms with Crippen molar-refractivity contribution in [3.05, 3.63) is 68.2 Å². The number of halogens is 1. The third kappa shape index (κ3) is 6.22. The van der Waals surface area contributed by atoms with E-state index in [1.54, 1.807) is 18.2 Å². The van der Waals surface area contributed by atoms with Gasteiger partial charge in [-0.25, -0.2) is 0 Å². The second-order valence-electron chi connectivity index (χ2n) is 5.63. The molecule has 0 aliphatic carbocycles. The fourth-order valence-electron chi connectivity index (χ4n) is 2.18. The number of amides is 2. The van der Waals surface area contributed by atoms with E-state index in [0.29, 0.717) is 22.4 Å². The monoisotopic (exact) mass is 480 g/mol. The lowest BCUT2D eigenvalue weighted by atomic mass is 10.2. The number of nitrogens with zero attached hydrogens (tertiary/aromatic N) is 1. The number of para-hydroxylation sites is 1. The van der Waals surface area contributed by atoms with Crippen molar-refractivity contribution in [1.82, 2.24) is 16.2 Å². The lowest BCUT2D eigenvalue weighted by Gasteiger charge is -2.12. The zero-order valence-corrected chi connectivity index (χ0v) is 17.6. The SMILES string of the molecule is CCCOc1ccc(C(=O)NC(=S)NNC(=O)c2ccccc2[N+](=O)[O-])cc1Br. The maximum absolute atomic E-state index is 12.3. The van der Waals surface area contributed by atoms with Crippen molar-refractivity contribution in [3.8, 4) is 5.75 Å². The van der Waals surface area contributed by atoms with Crippen LogP contribution < -0.4 is 20.9 Å². The van der Waals surface area contributed by atoms with E-state index in [9.17, 15) is 19.7 Å².